The van der Waals surface area contributed by atoms with Crippen LogP contribution in [0.25, 0.3) is 0 Å². The number of nitrogens with zero attached hydrogens (tertiary/aromatic N) is 2. The van der Waals surface area contributed by atoms with E-state index in [1.54, 1.807) is 14.2 Å². The van der Waals surface area contributed by atoms with E-state index in [1.807, 2.05) is 36.4 Å². The van der Waals surface area contributed by atoms with E-state index in [2.05, 4.69) is 44.7 Å². The third kappa shape index (κ3) is 5.77. The molecule has 4 atom stereocenters. The van der Waals surface area contributed by atoms with Gasteiger partial charge in [-0.3, -0.25) is 4.99 Å². The fourth-order valence-electron chi connectivity index (χ4n) is 5.74. The highest BCUT2D eigenvalue weighted by Gasteiger charge is 2.45. The molecular weight excluding hydrogens is 448 g/mol. The Bertz CT molecular complexity index is 1060. The van der Waals surface area contributed by atoms with Gasteiger partial charge in [-0.2, -0.15) is 0 Å². The average molecular weight is 491 g/mol. The lowest BCUT2D eigenvalue weighted by Gasteiger charge is -2.39. The summed E-state index contributed by atoms with van der Waals surface area (Å²) >= 11 is 0. The summed E-state index contributed by atoms with van der Waals surface area (Å²) < 4.78 is 11.8. The number of ether oxygens (including phenoxy) is 2. The van der Waals surface area contributed by atoms with Crippen LogP contribution >= 0.6 is 0 Å². The quantitative estimate of drug-likeness (QED) is 0.236. The standard InChI is InChI=1S/C31H42N2O3/c1-20(2)26-18-11-21(3)19-28(26)36-31(34)29(23-12-13-23)33(27-10-8-7-9-22(27)4)30(32-5)24-14-16-25(35-6)17-15-24/h7-10,14-17,20-21,23,26,28-29H,11-13,18-19H2,1-6H3/b32-30+/t21-,26+,28-,29-/m1/s1. The normalized spacial score (nSPS) is 23.3. The van der Waals surface area contributed by atoms with Gasteiger partial charge < -0.3 is 14.4 Å². The number of para-hydroxylation sites is 1. The molecule has 2 aliphatic rings. The second kappa shape index (κ2) is 11.5. The summed E-state index contributed by atoms with van der Waals surface area (Å²) in [6.07, 6.45) is 5.31. The number of anilines is 1. The molecule has 0 radical (unpaired) electrons. The summed E-state index contributed by atoms with van der Waals surface area (Å²) in [4.78, 5) is 21.0. The molecule has 0 bridgehead atoms. The van der Waals surface area contributed by atoms with E-state index in [-0.39, 0.29) is 18.0 Å². The van der Waals surface area contributed by atoms with Crippen molar-refractivity contribution < 1.29 is 14.3 Å². The maximum atomic E-state index is 14.1. The summed E-state index contributed by atoms with van der Waals surface area (Å²) in [7, 11) is 3.47. The van der Waals surface area contributed by atoms with Gasteiger partial charge in [0, 0.05) is 18.3 Å². The minimum atomic E-state index is -0.406. The van der Waals surface area contributed by atoms with Gasteiger partial charge in [0.2, 0.25) is 0 Å². The first-order chi connectivity index (χ1) is 17.3. The lowest BCUT2D eigenvalue weighted by Crippen LogP contribution is -2.50. The maximum absolute atomic E-state index is 14.1. The summed E-state index contributed by atoms with van der Waals surface area (Å²) in [5, 5.41) is 0. The molecule has 2 fully saturated rings. The van der Waals surface area contributed by atoms with E-state index in [9.17, 15) is 4.79 Å². The van der Waals surface area contributed by atoms with Crippen molar-refractivity contribution in [3.8, 4) is 5.75 Å². The Balaban J connectivity index is 1.73. The summed E-state index contributed by atoms with van der Waals surface area (Å²) in [6, 6.07) is 15.8. The Kier molecular flexibility index (Phi) is 8.38. The van der Waals surface area contributed by atoms with Crippen molar-refractivity contribution in [3.05, 3.63) is 59.7 Å². The van der Waals surface area contributed by atoms with Crippen LogP contribution in [0, 0.1) is 30.6 Å². The number of methoxy groups -OCH3 is 1. The second-order valence-electron chi connectivity index (χ2n) is 11.0. The average Bonchev–Trinajstić information content (AvgIpc) is 3.69. The first-order valence-electron chi connectivity index (χ1n) is 13.5. The monoisotopic (exact) mass is 490 g/mol. The zero-order chi connectivity index (χ0) is 25.8. The van der Waals surface area contributed by atoms with E-state index in [0.29, 0.717) is 17.8 Å². The van der Waals surface area contributed by atoms with Gasteiger partial charge in [0.1, 0.15) is 23.7 Å². The largest absolute Gasteiger partial charge is 0.497 e. The summed E-state index contributed by atoms with van der Waals surface area (Å²) in [5.41, 5.74) is 3.06. The maximum Gasteiger partial charge on any atom is 0.329 e. The number of benzene rings is 2. The van der Waals surface area contributed by atoms with Crippen molar-refractivity contribution in [1.29, 1.82) is 0 Å². The zero-order valence-electron chi connectivity index (χ0n) is 22.7. The van der Waals surface area contributed by atoms with Gasteiger partial charge in [0.05, 0.1) is 7.11 Å². The van der Waals surface area contributed by atoms with Crippen LogP contribution in [0.4, 0.5) is 5.69 Å². The smallest absolute Gasteiger partial charge is 0.329 e. The van der Waals surface area contributed by atoms with Gasteiger partial charge in [-0.25, -0.2) is 4.79 Å². The van der Waals surface area contributed by atoms with E-state index in [0.717, 1.165) is 54.1 Å². The molecule has 194 valence electrons. The highest BCUT2D eigenvalue weighted by atomic mass is 16.5. The number of amidine groups is 1. The molecule has 0 aliphatic heterocycles. The zero-order valence-corrected chi connectivity index (χ0v) is 22.7. The minimum absolute atomic E-state index is 0.0239. The molecule has 2 saturated carbocycles. The molecule has 0 amide bonds. The highest BCUT2D eigenvalue weighted by Crippen LogP contribution is 2.41. The van der Waals surface area contributed by atoms with Crippen molar-refractivity contribution in [1.82, 2.24) is 0 Å². The molecule has 0 spiro atoms. The fourth-order valence-corrected chi connectivity index (χ4v) is 5.74. The summed E-state index contributed by atoms with van der Waals surface area (Å²) in [5.74, 6) is 3.20. The van der Waals surface area contributed by atoms with Crippen LogP contribution in [-0.4, -0.2) is 38.1 Å². The molecular formula is C31H42N2O3. The highest BCUT2D eigenvalue weighted by molar-refractivity contribution is 6.13. The molecule has 0 unspecified atom stereocenters. The molecule has 0 aromatic heterocycles. The Morgan fingerprint density at radius 1 is 1.03 bits per heavy atom. The van der Waals surface area contributed by atoms with Crippen molar-refractivity contribution in [2.45, 2.75) is 71.9 Å². The van der Waals surface area contributed by atoms with Gasteiger partial charge in [0.25, 0.3) is 0 Å². The van der Waals surface area contributed by atoms with Gasteiger partial charge in [-0.05, 0) is 92.2 Å². The number of hydrogen-bond acceptors (Lipinski definition) is 4. The Hall–Kier alpha value is -2.82. The third-order valence-electron chi connectivity index (χ3n) is 7.98. The molecule has 5 nitrogen and oxygen atoms in total. The predicted octanol–water partition coefficient (Wildman–Crippen LogP) is 6.67. The predicted molar refractivity (Wildman–Crippen MR) is 147 cm³/mol. The lowest BCUT2D eigenvalue weighted by atomic mass is 9.75. The molecule has 2 aromatic rings. The number of aryl methyl sites for hydroxylation is 1. The van der Waals surface area contributed by atoms with Crippen molar-refractivity contribution in [3.63, 3.8) is 0 Å². The van der Waals surface area contributed by atoms with Crippen LogP contribution < -0.4 is 9.64 Å². The second-order valence-corrected chi connectivity index (χ2v) is 11.0. The third-order valence-corrected chi connectivity index (χ3v) is 7.98. The Morgan fingerprint density at radius 3 is 2.31 bits per heavy atom. The molecule has 0 saturated heterocycles. The number of carbonyl (C=O) groups excluding carboxylic acids is 1. The van der Waals surface area contributed by atoms with Gasteiger partial charge in [-0.1, -0.05) is 45.4 Å². The van der Waals surface area contributed by atoms with Crippen molar-refractivity contribution in [2.75, 3.05) is 19.1 Å². The number of esters is 1. The number of hydrogen-bond donors (Lipinski definition) is 0. The number of aliphatic imine (C=N–C) groups is 1. The van der Waals surface area contributed by atoms with Crippen molar-refractivity contribution >= 4 is 17.5 Å². The van der Waals surface area contributed by atoms with Crippen LogP contribution in [0.1, 0.15) is 64.0 Å². The van der Waals surface area contributed by atoms with E-state index >= 15 is 0 Å². The van der Waals surface area contributed by atoms with Gasteiger partial charge in [-0.15, -0.1) is 0 Å². The topological polar surface area (TPSA) is 51.1 Å². The SMILES string of the molecule is C/N=C(\c1ccc(OC)cc1)N(c1ccccc1C)[C@@H](C(=O)O[C@@H]1C[C@H](C)CC[C@H]1C(C)C)C1CC1. The van der Waals surface area contributed by atoms with Crippen LogP contribution in [0.5, 0.6) is 5.75 Å². The molecule has 4 rings (SSSR count). The molecule has 36 heavy (non-hydrogen) atoms. The molecule has 2 aliphatic carbocycles. The first kappa shape index (κ1) is 26.2. The van der Waals surface area contributed by atoms with Crippen molar-refractivity contribution in [2.24, 2.45) is 28.7 Å². The molecule has 0 heterocycles. The van der Waals surface area contributed by atoms with Gasteiger partial charge in [0.15, 0.2) is 0 Å². The van der Waals surface area contributed by atoms with Gasteiger partial charge >= 0.3 is 5.97 Å². The first-order valence-corrected chi connectivity index (χ1v) is 13.5. The fraction of sp³-hybridized carbons (Fsp3) is 0.548. The summed E-state index contributed by atoms with van der Waals surface area (Å²) in [6.45, 7) is 8.88. The van der Waals surface area contributed by atoms with E-state index in [1.165, 1.54) is 6.42 Å². The van der Waals surface area contributed by atoms with Crippen LogP contribution in [-0.2, 0) is 9.53 Å². The number of rotatable bonds is 8. The Morgan fingerprint density at radius 2 is 1.72 bits per heavy atom. The van der Waals surface area contributed by atoms with Crippen LogP contribution in [0.15, 0.2) is 53.5 Å². The Labute approximate surface area is 216 Å². The number of carbonyl (C=O) groups is 1. The van der Waals surface area contributed by atoms with Crippen LogP contribution in [0.2, 0.25) is 0 Å². The molecule has 0 N–H and O–H groups in total. The van der Waals surface area contributed by atoms with E-state index < -0.39 is 6.04 Å². The molecule has 2 aromatic carbocycles. The van der Waals surface area contributed by atoms with E-state index in [4.69, 9.17) is 14.5 Å². The lowest BCUT2D eigenvalue weighted by molar-refractivity contribution is -0.157. The van der Waals surface area contributed by atoms with Crippen LogP contribution in [0.3, 0.4) is 0 Å². The minimum Gasteiger partial charge on any atom is -0.497 e. The molecule has 5 heteroatoms.